The molecule has 0 fully saturated rings. The summed E-state index contributed by atoms with van der Waals surface area (Å²) in [5, 5.41) is 3.53. The van der Waals surface area contributed by atoms with Gasteiger partial charge >= 0.3 is 0 Å². The molecule has 0 spiro atoms. The zero-order chi connectivity index (χ0) is 12.1. The molecular weight excluding hydrogens is 194 g/mol. The highest BCUT2D eigenvalue weighted by molar-refractivity contribution is 5.29. The molecule has 1 aromatic rings. The van der Waals surface area contributed by atoms with Gasteiger partial charge in [0.15, 0.2) is 0 Å². The third-order valence-electron chi connectivity index (χ3n) is 3.50. The van der Waals surface area contributed by atoms with E-state index >= 15 is 0 Å². The van der Waals surface area contributed by atoms with Gasteiger partial charge in [0.2, 0.25) is 0 Å². The summed E-state index contributed by atoms with van der Waals surface area (Å²) in [6.45, 7) is 13.3. The van der Waals surface area contributed by atoms with Crippen molar-refractivity contribution in [1.29, 1.82) is 0 Å². The summed E-state index contributed by atoms with van der Waals surface area (Å²) in [5.74, 6) is 1.50. The molecular formula is C15H25N. The third-order valence-corrected chi connectivity index (χ3v) is 3.50. The van der Waals surface area contributed by atoms with Crippen molar-refractivity contribution >= 4 is 0 Å². The monoisotopic (exact) mass is 219 g/mol. The molecule has 1 heteroatoms. The van der Waals surface area contributed by atoms with E-state index in [1.807, 2.05) is 0 Å². The quantitative estimate of drug-likeness (QED) is 0.796. The van der Waals surface area contributed by atoms with E-state index in [0.717, 1.165) is 24.9 Å². The van der Waals surface area contributed by atoms with Gasteiger partial charge in [-0.25, -0.2) is 0 Å². The minimum absolute atomic E-state index is 0.742. The van der Waals surface area contributed by atoms with Gasteiger partial charge in [-0.2, -0.15) is 0 Å². The Balaban J connectivity index is 2.40. The fourth-order valence-electron chi connectivity index (χ4n) is 1.59. The Kier molecular flexibility index (Phi) is 5.01. The van der Waals surface area contributed by atoms with Gasteiger partial charge in [-0.1, -0.05) is 39.0 Å². The van der Waals surface area contributed by atoms with Crippen molar-refractivity contribution in [2.24, 2.45) is 11.8 Å². The van der Waals surface area contributed by atoms with Crippen LogP contribution >= 0.6 is 0 Å². The Bertz CT molecular complexity index is 328. The molecule has 0 aliphatic carbocycles. The van der Waals surface area contributed by atoms with Crippen molar-refractivity contribution in [3.63, 3.8) is 0 Å². The summed E-state index contributed by atoms with van der Waals surface area (Å²) in [6.07, 6.45) is 0. The van der Waals surface area contributed by atoms with E-state index in [1.165, 1.54) is 16.7 Å². The van der Waals surface area contributed by atoms with Gasteiger partial charge < -0.3 is 5.32 Å². The number of benzene rings is 1. The fourth-order valence-corrected chi connectivity index (χ4v) is 1.59. The van der Waals surface area contributed by atoms with Crippen LogP contribution < -0.4 is 5.32 Å². The van der Waals surface area contributed by atoms with Crippen LogP contribution in [0.2, 0.25) is 0 Å². The molecule has 0 saturated carbocycles. The lowest BCUT2D eigenvalue weighted by molar-refractivity contribution is 0.392. The number of rotatable bonds is 5. The highest BCUT2D eigenvalue weighted by atomic mass is 14.9. The van der Waals surface area contributed by atoms with Gasteiger partial charge in [-0.3, -0.25) is 0 Å². The summed E-state index contributed by atoms with van der Waals surface area (Å²) in [4.78, 5) is 0. The molecule has 1 N–H and O–H groups in total. The third kappa shape index (κ3) is 3.97. The Morgan fingerprint density at radius 3 is 2.31 bits per heavy atom. The molecule has 1 unspecified atom stereocenters. The lowest BCUT2D eigenvalue weighted by Crippen LogP contribution is -2.23. The van der Waals surface area contributed by atoms with Crippen LogP contribution in [0.4, 0.5) is 0 Å². The highest BCUT2D eigenvalue weighted by Crippen LogP contribution is 2.11. The van der Waals surface area contributed by atoms with E-state index in [2.05, 4.69) is 58.1 Å². The number of hydrogen-bond acceptors (Lipinski definition) is 1. The predicted octanol–water partition coefficient (Wildman–Crippen LogP) is 3.69. The van der Waals surface area contributed by atoms with Crippen LogP contribution in [0.3, 0.4) is 0 Å². The summed E-state index contributed by atoms with van der Waals surface area (Å²) in [7, 11) is 0. The Morgan fingerprint density at radius 1 is 1.06 bits per heavy atom. The largest absolute Gasteiger partial charge is 0.312 e. The average molecular weight is 219 g/mol. The molecule has 90 valence electrons. The second-order valence-corrected chi connectivity index (χ2v) is 5.27. The lowest BCUT2D eigenvalue weighted by Gasteiger charge is -2.16. The first-order chi connectivity index (χ1) is 7.50. The number of nitrogens with one attached hydrogen (secondary N) is 1. The molecule has 0 aliphatic rings. The van der Waals surface area contributed by atoms with Gasteiger partial charge in [0, 0.05) is 6.54 Å². The smallest absolute Gasteiger partial charge is 0.0205 e. The SMILES string of the molecule is Cc1ccc(CNCC(C)C(C)C)cc1C. The molecule has 0 bridgehead atoms. The lowest BCUT2D eigenvalue weighted by atomic mass is 9.98. The predicted molar refractivity (Wildman–Crippen MR) is 71.6 cm³/mol. The van der Waals surface area contributed by atoms with Gasteiger partial charge in [-0.05, 0) is 48.9 Å². The fraction of sp³-hybridized carbons (Fsp3) is 0.600. The Hall–Kier alpha value is -0.820. The van der Waals surface area contributed by atoms with E-state index < -0.39 is 0 Å². The molecule has 0 amide bonds. The maximum Gasteiger partial charge on any atom is 0.0205 e. The van der Waals surface area contributed by atoms with Crippen molar-refractivity contribution in [3.05, 3.63) is 34.9 Å². The Labute approximate surface area is 100 Å². The first-order valence-corrected chi connectivity index (χ1v) is 6.27. The zero-order valence-corrected chi connectivity index (χ0v) is 11.3. The van der Waals surface area contributed by atoms with Gasteiger partial charge in [0.1, 0.15) is 0 Å². The minimum atomic E-state index is 0.742. The maximum atomic E-state index is 3.53. The highest BCUT2D eigenvalue weighted by Gasteiger charge is 2.05. The zero-order valence-electron chi connectivity index (χ0n) is 11.3. The van der Waals surface area contributed by atoms with Gasteiger partial charge in [0.25, 0.3) is 0 Å². The van der Waals surface area contributed by atoms with E-state index in [0.29, 0.717) is 0 Å². The van der Waals surface area contributed by atoms with Crippen molar-refractivity contribution in [3.8, 4) is 0 Å². The topological polar surface area (TPSA) is 12.0 Å². The summed E-state index contributed by atoms with van der Waals surface area (Å²) in [5.41, 5.74) is 4.15. The van der Waals surface area contributed by atoms with E-state index in [9.17, 15) is 0 Å². The summed E-state index contributed by atoms with van der Waals surface area (Å²) >= 11 is 0. The molecule has 0 aromatic heterocycles. The van der Waals surface area contributed by atoms with Crippen LogP contribution in [0, 0.1) is 25.7 Å². The molecule has 0 saturated heterocycles. The normalized spacial score (nSPS) is 13.1. The maximum absolute atomic E-state index is 3.53. The van der Waals surface area contributed by atoms with Crippen molar-refractivity contribution < 1.29 is 0 Å². The summed E-state index contributed by atoms with van der Waals surface area (Å²) < 4.78 is 0. The molecule has 1 rings (SSSR count). The second kappa shape index (κ2) is 6.05. The first-order valence-electron chi connectivity index (χ1n) is 6.27. The van der Waals surface area contributed by atoms with Crippen molar-refractivity contribution in [1.82, 2.24) is 5.32 Å². The minimum Gasteiger partial charge on any atom is -0.312 e. The van der Waals surface area contributed by atoms with Gasteiger partial charge in [-0.15, -0.1) is 0 Å². The van der Waals surface area contributed by atoms with Crippen LogP contribution in [0.25, 0.3) is 0 Å². The molecule has 0 heterocycles. The summed E-state index contributed by atoms with van der Waals surface area (Å²) in [6, 6.07) is 6.70. The van der Waals surface area contributed by atoms with Crippen LogP contribution in [-0.2, 0) is 6.54 Å². The van der Waals surface area contributed by atoms with Crippen LogP contribution in [-0.4, -0.2) is 6.54 Å². The van der Waals surface area contributed by atoms with Crippen LogP contribution in [0.1, 0.15) is 37.5 Å². The van der Waals surface area contributed by atoms with Crippen molar-refractivity contribution in [2.75, 3.05) is 6.54 Å². The molecule has 1 aromatic carbocycles. The first kappa shape index (κ1) is 13.2. The molecule has 1 atom stereocenters. The molecule has 0 aliphatic heterocycles. The van der Waals surface area contributed by atoms with E-state index in [4.69, 9.17) is 0 Å². The van der Waals surface area contributed by atoms with Gasteiger partial charge in [0.05, 0.1) is 0 Å². The molecule has 0 radical (unpaired) electrons. The molecule has 16 heavy (non-hydrogen) atoms. The number of aryl methyl sites for hydroxylation is 2. The van der Waals surface area contributed by atoms with Crippen molar-refractivity contribution in [2.45, 2.75) is 41.2 Å². The molecule has 1 nitrogen and oxygen atoms in total. The second-order valence-electron chi connectivity index (χ2n) is 5.27. The van der Waals surface area contributed by atoms with Crippen LogP contribution in [0.15, 0.2) is 18.2 Å². The Morgan fingerprint density at radius 2 is 1.75 bits per heavy atom. The van der Waals surface area contributed by atoms with E-state index in [-0.39, 0.29) is 0 Å². The van der Waals surface area contributed by atoms with E-state index in [1.54, 1.807) is 0 Å². The standard InChI is InChI=1S/C15H25N/c1-11(2)14(5)9-16-10-15-7-6-12(3)13(4)8-15/h6-8,11,14,16H,9-10H2,1-5H3. The number of hydrogen-bond donors (Lipinski definition) is 1. The van der Waals surface area contributed by atoms with Crippen LogP contribution in [0.5, 0.6) is 0 Å². The average Bonchev–Trinajstić information content (AvgIpc) is 2.23.